The van der Waals surface area contributed by atoms with Gasteiger partial charge < -0.3 is 9.84 Å². The summed E-state index contributed by atoms with van der Waals surface area (Å²) in [6.45, 7) is -0.648. The summed E-state index contributed by atoms with van der Waals surface area (Å²) < 4.78 is 15.6. The molecular weight excluding hydrogens is 99.0 g/mol. The van der Waals surface area contributed by atoms with Crippen LogP contribution in [0.15, 0.2) is 0 Å². The van der Waals surface area contributed by atoms with Gasteiger partial charge in [-0.2, -0.15) is 0 Å². The lowest BCUT2D eigenvalue weighted by molar-refractivity contribution is 0.0482. The third kappa shape index (κ3) is 3.69. The van der Waals surface area contributed by atoms with E-state index in [1.54, 1.807) is 0 Å². The van der Waals surface area contributed by atoms with Crippen molar-refractivity contribution >= 4 is 0 Å². The second-order valence-electron chi connectivity index (χ2n) is 1.26. The summed E-state index contributed by atoms with van der Waals surface area (Å²) in [6.07, 6.45) is -0.940. The molecule has 0 radical (unpaired) electrons. The molecule has 1 N–H and O–H groups in total. The fourth-order valence-corrected chi connectivity index (χ4v) is 0.237. The average Bonchev–Trinajstić information content (AvgIpc) is 1.68. The van der Waals surface area contributed by atoms with E-state index in [2.05, 4.69) is 4.74 Å². The van der Waals surface area contributed by atoms with Gasteiger partial charge in [-0.05, 0) is 0 Å². The number of halogens is 1. The molecule has 0 aromatic rings. The van der Waals surface area contributed by atoms with Crippen molar-refractivity contribution in [2.45, 2.75) is 6.10 Å². The number of methoxy groups -OCH3 is 1. The van der Waals surface area contributed by atoms with Crippen LogP contribution in [0.1, 0.15) is 0 Å². The quantitative estimate of drug-likeness (QED) is 0.549. The van der Waals surface area contributed by atoms with Crippen molar-refractivity contribution in [3.8, 4) is 0 Å². The van der Waals surface area contributed by atoms with E-state index in [-0.39, 0.29) is 6.61 Å². The van der Waals surface area contributed by atoms with Gasteiger partial charge in [0.2, 0.25) is 0 Å². The number of ether oxygens (including phenoxy) is 1. The van der Waals surface area contributed by atoms with Crippen LogP contribution < -0.4 is 0 Å². The lowest BCUT2D eigenvalue weighted by Gasteiger charge is -2.00. The monoisotopic (exact) mass is 108 g/mol. The number of aliphatic hydroxyl groups is 1. The third-order valence-electron chi connectivity index (χ3n) is 0.537. The zero-order valence-electron chi connectivity index (χ0n) is 4.22. The van der Waals surface area contributed by atoms with E-state index in [0.29, 0.717) is 0 Å². The molecule has 0 fully saturated rings. The van der Waals surface area contributed by atoms with Crippen molar-refractivity contribution in [3.05, 3.63) is 0 Å². The highest BCUT2D eigenvalue weighted by molar-refractivity contribution is 4.46. The first-order chi connectivity index (χ1) is 3.31. The minimum atomic E-state index is -0.940. The molecule has 7 heavy (non-hydrogen) atoms. The third-order valence-corrected chi connectivity index (χ3v) is 0.537. The summed E-state index contributed by atoms with van der Waals surface area (Å²) in [5.41, 5.74) is 0. The molecule has 0 unspecified atom stereocenters. The van der Waals surface area contributed by atoms with E-state index in [1.165, 1.54) is 7.11 Å². The van der Waals surface area contributed by atoms with Crippen LogP contribution in [0, 0.1) is 0 Å². The molecule has 0 heterocycles. The zero-order valence-corrected chi connectivity index (χ0v) is 4.22. The molecule has 0 aliphatic heterocycles. The Labute approximate surface area is 41.9 Å². The largest absolute Gasteiger partial charge is 0.388 e. The molecule has 0 spiro atoms. The van der Waals surface area contributed by atoms with Crippen LogP contribution in [0.5, 0.6) is 0 Å². The SMILES string of the molecule is COC[C@@H](O)CF. The van der Waals surface area contributed by atoms with Gasteiger partial charge in [-0.3, -0.25) is 0 Å². The summed E-state index contributed by atoms with van der Waals surface area (Å²) in [4.78, 5) is 0. The fourth-order valence-electron chi connectivity index (χ4n) is 0.237. The molecule has 0 amide bonds. The first-order valence-corrected chi connectivity index (χ1v) is 2.04. The Morgan fingerprint density at radius 1 is 1.86 bits per heavy atom. The molecule has 0 saturated carbocycles. The van der Waals surface area contributed by atoms with Gasteiger partial charge in [0, 0.05) is 7.11 Å². The van der Waals surface area contributed by atoms with Crippen molar-refractivity contribution in [2.75, 3.05) is 20.4 Å². The van der Waals surface area contributed by atoms with Gasteiger partial charge in [0.15, 0.2) is 0 Å². The zero-order chi connectivity index (χ0) is 5.70. The first-order valence-electron chi connectivity index (χ1n) is 2.04. The number of hydrogen-bond acceptors (Lipinski definition) is 2. The van der Waals surface area contributed by atoms with Crippen molar-refractivity contribution in [3.63, 3.8) is 0 Å². The number of aliphatic hydroxyl groups excluding tert-OH is 1. The molecule has 0 saturated heterocycles. The minimum Gasteiger partial charge on any atom is -0.388 e. The van der Waals surface area contributed by atoms with E-state index in [1.807, 2.05) is 0 Å². The summed E-state index contributed by atoms with van der Waals surface area (Å²) in [5, 5.41) is 8.36. The van der Waals surface area contributed by atoms with Crippen LogP contribution >= 0.6 is 0 Å². The molecule has 44 valence electrons. The number of alkyl halides is 1. The summed E-state index contributed by atoms with van der Waals surface area (Å²) >= 11 is 0. The number of hydrogen-bond donors (Lipinski definition) is 1. The van der Waals surface area contributed by atoms with E-state index >= 15 is 0 Å². The molecule has 0 rings (SSSR count). The molecule has 0 aromatic heterocycles. The molecule has 0 aliphatic carbocycles. The highest BCUT2D eigenvalue weighted by atomic mass is 19.1. The van der Waals surface area contributed by atoms with Gasteiger partial charge in [0.25, 0.3) is 0 Å². The molecular formula is C4H9FO2. The van der Waals surface area contributed by atoms with Gasteiger partial charge in [-0.15, -0.1) is 0 Å². The Hall–Kier alpha value is -0.150. The van der Waals surface area contributed by atoms with E-state index in [4.69, 9.17) is 5.11 Å². The van der Waals surface area contributed by atoms with Crippen LogP contribution in [0.2, 0.25) is 0 Å². The summed E-state index contributed by atoms with van der Waals surface area (Å²) in [7, 11) is 1.42. The van der Waals surface area contributed by atoms with Gasteiger partial charge >= 0.3 is 0 Å². The standard InChI is InChI=1S/C4H9FO2/c1-7-3-4(6)2-5/h4,6H,2-3H2,1H3/t4-/m0/s1. The molecule has 1 atom stereocenters. The highest BCUT2D eigenvalue weighted by Gasteiger charge is 1.98. The van der Waals surface area contributed by atoms with Crippen LogP contribution in [-0.2, 0) is 4.74 Å². The molecule has 3 heteroatoms. The van der Waals surface area contributed by atoms with E-state index in [9.17, 15) is 4.39 Å². The Morgan fingerprint density at radius 3 is 2.57 bits per heavy atom. The maximum absolute atomic E-state index is 11.2. The van der Waals surface area contributed by atoms with E-state index in [0.717, 1.165) is 0 Å². The van der Waals surface area contributed by atoms with E-state index < -0.39 is 12.8 Å². The average molecular weight is 108 g/mol. The fraction of sp³-hybridized carbons (Fsp3) is 1.00. The lowest BCUT2D eigenvalue weighted by Crippen LogP contribution is -2.15. The predicted molar refractivity (Wildman–Crippen MR) is 23.9 cm³/mol. The Kier molecular flexibility index (Phi) is 3.93. The smallest absolute Gasteiger partial charge is 0.118 e. The highest BCUT2D eigenvalue weighted by Crippen LogP contribution is 1.82. The second-order valence-corrected chi connectivity index (χ2v) is 1.26. The Morgan fingerprint density at radius 2 is 2.43 bits per heavy atom. The molecule has 2 nitrogen and oxygen atoms in total. The summed E-state index contributed by atoms with van der Waals surface area (Å²) in [6, 6.07) is 0. The number of rotatable bonds is 3. The molecule has 0 bridgehead atoms. The van der Waals surface area contributed by atoms with Crippen molar-refractivity contribution < 1.29 is 14.2 Å². The van der Waals surface area contributed by atoms with Crippen LogP contribution in [0.4, 0.5) is 4.39 Å². The summed E-state index contributed by atoms with van der Waals surface area (Å²) in [5.74, 6) is 0. The van der Waals surface area contributed by atoms with Crippen LogP contribution in [0.25, 0.3) is 0 Å². The van der Waals surface area contributed by atoms with Gasteiger partial charge in [-0.25, -0.2) is 4.39 Å². The topological polar surface area (TPSA) is 29.5 Å². The van der Waals surface area contributed by atoms with Gasteiger partial charge in [-0.1, -0.05) is 0 Å². The van der Waals surface area contributed by atoms with Gasteiger partial charge in [0.1, 0.15) is 12.8 Å². The lowest BCUT2D eigenvalue weighted by atomic mass is 10.4. The van der Waals surface area contributed by atoms with Crippen molar-refractivity contribution in [1.29, 1.82) is 0 Å². The maximum Gasteiger partial charge on any atom is 0.118 e. The van der Waals surface area contributed by atoms with Gasteiger partial charge in [0.05, 0.1) is 6.61 Å². The molecule has 0 aromatic carbocycles. The van der Waals surface area contributed by atoms with Crippen molar-refractivity contribution in [1.82, 2.24) is 0 Å². The maximum atomic E-state index is 11.2. The Bertz CT molecular complexity index is 40.7. The first kappa shape index (κ1) is 6.85. The molecule has 0 aliphatic rings. The Balaban J connectivity index is 2.83. The second kappa shape index (κ2) is 4.02. The normalized spacial score (nSPS) is 14.1. The predicted octanol–water partition coefficient (Wildman–Crippen LogP) is -0.0368. The van der Waals surface area contributed by atoms with Crippen LogP contribution in [-0.4, -0.2) is 31.6 Å². The minimum absolute atomic E-state index is 0.0799. The van der Waals surface area contributed by atoms with Crippen molar-refractivity contribution in [2.24, 2.45) is 0 Å². The van der Waals surface area contributed by atoms with Crippen LogP contribution in [0.3, 0.4) is 0 Å².